The quantitative estimate of drug-likeness (QED) is 0.880. The Kier molecular flexibility index (Phi) is 4.79. The Morgan fingerprint density at radius 2 is 2.10 bits per heavy atom. The van der Waals surface area contributed by atoms with E-state index in [2.05, 4.69) is 24.2 Å². The number of rotatable bonds is 6. The molecule has 2 rings (SSSR count). The molecule has 1 heterocycles. The van der Waals surface area contributed by atoms with Crippen LogP contribution in [0.25, 0.3) is 0 Å². The first-order valence-corrected chi connectivity index (χ1v) is 7.09. The molecule has 0 aliphatic rings. The maximum atomic E-state index is 5.96. The molecule has 1 aromatic carbocycles. The van der Waals surface area contributed by atoms with E-state index in [-0.39, 0.29) is 6.04 Å². The Morgan fingerprint density at radius 1 is 1.35 bits per heavy atom. The van der Waals surface area contributed by atoms with Gasteiger partial charge < -0.3 is 10.5 Å². The zero-order valence-corrected chi connectivity index (χ0v) is 12.5. The fourth-order valence-electron chi connectivity index (χ4n) is 2.30. The van der Waals surface area contributed by atoms with Gasteiger partial charge in [-0.15, -0.1) is 0 Å². The molecule has 0 spiro atoms. The molecule has 0 bridgehead atoms. The van der Waals surface area contributed by atoms with Crippen LogP contribution in [0.15, 0.2) is 30.3 Å². The van der Waals surface area contributed by atoms with E-state index in [1.165, 1.54) is 0 Å². The van der Waals surface area contributed by atoms with E-state index >= 15 is 0 Å². The first-order valence-electron chi connectivity index (χ1n) is 7.09. The van der Waals surface area contributed by atoms with Gasteiger partial charge in [0.2, 0.25) is 0 Å². The van der Waals surface area contributed by atoms with Gasteiger partial charge in [0, 0.05) is 12.6 Å². The van der Waals surface area contributed by atoms with Gasteiger partial charge in [0.1, 0.15) is 12.4 Å². The summed E-state index contributed by atoms with van der Waals surface area (Å²) < 4.78 is 7.94. The lowest BCUT2D eigenvalue weighted by molar-refractivity contribution is 0.289. The van der Waals surface area contributed by atoms with Crippen LogP contribution in [0, 0.1) is 6.92 Å². The highest BCUT2D eigenvalue weighted by Crippen LogP contribution is 2.20. The second-order valence-electron chi connectivity index (χ2n) is 5.17. The largest absolute Gasteiger partial charge is 0.487 e. The van der Waals surface area contributed by atoms with Gasteiger partial charge in [-0.3, -0.25) is 4.68 Å². The summed E-state index contributed by atoms with van der Waals surface area (Å²) in [5, 5.41) is 4.43. The Hall–Kier alpha value is -1.81. The van der Waals surface area contributed by atoms with Gasteiger partial charge in [0.25, 0.3) is 0 Å². The van der Waals surface area contributed by atoms with Gasteiger partial charge in [0.15, 0.2) is 0 Å². The predicted octanol–water partition coefficient (Wildman–Crippen LogP) is 2.68. The SMILES string of the molecule is CCn1nc(C)cc1COc1ccccc1CC(C)N. The molecule has 0 radical (unpaired) electrons. The number of nitrogens with two attached hydrogens (primary N) is 1. The highest BCUT2D eigenvalue weighted by Gasteiger charge is 2.08. The minimum atomic E-state index is 0.128. The van der Waals surface area contributed by atoms with Crippen molar-refractivity contribution in [3.8, 4) is 5.75 Å². The number of benzene rings is 1. The second kappa shape index (κ2) is 6.57. The second-order valence-corrected chi connectivity index (χ2v) is 5.17. The van der Waals surface area contributed by atoms with E-state index < -0.39 is 0 Å². The van der Waals surface area contributed by atoms with E-state index in [0.717, 1.165) is 35.7 Å². The summed E-state index contributed by atoms with van der Waals surface area (Å²) in [6.45, 7) is 7.48. The summed E-state index contributed by atoms with van der Waals surface area (Å²) in [5.74, 6) is 0.909. The van der Waals surface area contributed by atoms with E-state index in [1.54, 1.807) is 0 Å². The van der Waals surface area contributed by atoms with Crippen LogP contribution in [0.1, 0.15) is 30.8 Å². The molecule has 108 valence electrons. The van der Waals surface area contributed by atoms with Crippen LogP contribution in [0.4, 0.5) is 0 Å². The lowest BCUT2D eigenvalue weighted by Crippen LogP contribution is -2.18. The number of aromatic nitrogens is 2. The lowest BCUT2D eigenvalue weighted by atomic mass is 10.1. The molecule has 20 heavy (non-hydrogen) atoms. The normalized spacial score (nSPS) is 12.4. The highest BCUT2D eigenvalue weighted by atomic mass is 16.5. The van der Waals surface area contributed by atoms with Crippen molar-refractivity contribution in [1.29, 1.82) is 0 Å². The van der Waals surface area contributed by atoms with Gasteiger partial charge in [-0.05, 0) is 44.9 Å². The fraction of sp³-hybridized carbons (Fsp3) is 0.438. The zero-order valence-electron chi connectivity index (χ0n) is 12.5. The smallest absolute Gasteiger partial charge is 0.130 e. The molecule has 2 N–H and O–H groups in total. The third-order valence-corrected chi connectivity index (χ3v) is 3.18. The van der Waals surface area contributed by atoms with Crippen LogP contribution in [0.3, 0.4) is 0 Å². The molecule has 0 amide bonds. The summed E-state index contributed by atoms with van der Waals surface area (Å²) >= 11 is 0. The monoisotopic (exact) mass is 273 g/mol. The van der Waals surface area contributed by atoms with Crippen molar-refractivity contribution in [2.75, 3.05) is 0 Å². The molecule has 4 heteroatoms. The van der Waals surface area contributed by atoms with Crippen molar-refractivity contribution >= 4 is 0 Å². The summed E-state index contributed by atoms with van der Waals surface area (Å²) in [6, 6.07) is 10.3. The van der Waals surface area contributed by atoms with E-state index in [4.69, 9.17) is 10.5 Å². The maximum Gasteiger partial charge on any atom is 0.130 e. The van der Waals surface area contributed by atoms with E-state index in [9.17, 15) is 0 Å². The molecule has 0 saturated carbocycles. The van der Waals surface area contributed by atoms with Gasteiger partial charge in [-0.1, -0.05) is 18.2 Å². The van der Waals surface area contributed by atoms with Gasteiger partial charge in [0.05, 0.1) is 11.4 Å². The number of nitrogens with zero attached hydrogens (tertiary/aromatic N) is 2. The Balaban J connectivity index is 2.10. The minimum Gasteiger partial charge on any atom is -0.487 e. The topological polar surface area (TPSA) is 53.1 Å². The first-order chi connectivity index (χ1) is 9.60. The fourth-order valence-corrected chi connectivity index (χ4v) is 2.30. The Morgan fingerprint density at radius 3 is 2.80 bits per heavy atom. The van der Waals surface area contributed by atoms with E-state index in [1.807, 2.05) is 36.7 Å². The van der Waals surface area contributed by atoms with Crippen LogP contribution in [0.5, 0.6) is 5.75 Å². The van der Waals surface area contributed by atoms with E-state index in [0.29, 0.717) is 6.61 Å². The summed E-state index contributed by atoms with van der Waals surface area (Å²) in [4.78, 5) is 0. The summed E-state index contributed by atoms with van der Waals surface area (Å²) in [7, 11) is 0. The third kappa shape index (κ3) is 3.61. The van der Waals surface area contributed by atoms with Crippen molar-refractivity contribution in [2.45, 2.75) is 46.4 Å². The average molecular weight is 273 g/mol. The molecule has 0 saturated heterocycles. The molecule has 0 fully saturated rings. The predicted molar refractivity (Wildman–Crippen MR) is 80.8 cm³/mol. The van der Waals surface area contributed by atoms with Crippen LogP contribution >= 0.6 is 0 Å². The summed E-state index contributed by atoms with van der Waals surface area (Å²) in [6.07, 6.45) is 0.822. The van der Waals surface area contributed by atoms with Crippen molar-refractivity contribution in [3.63, 3.8) is 0 Å². The molecule has 4 nitrogen and oxygen atoms in total. The van der Waals surface area contributed by atoms with Crippen LogP contribution in [-0.4, -0.2) is 15.8 Å². The number of hydrogen-bond acceptors (Lipinski definition) is 3. The minimum absolute atomic E-state index is 0.128. The Bertz CT molecular complexity index is 561. The van der Waals surface area contributed by atoms with Crippen molar-refractivity contribution in [1.82, 2.24) is 9.78 Å². The molecule has 1 unspecified atom stereocenters. The summed E-state index contributed by atoms with van der Waals surface area (Å²) in [5.41, 5.74) is 9.15. The number of hydrogen-bond donors (Lipinski definition) is 1. The molecular weight excluding hydrogens is 250 g/mol. The van der Waals surface area contributed by atoms with Crippen LogP contribution in [-0.2, 0) is 19.6 Å². The Labute approximate surface area is 120 Å². The average Bonchev–Trinajstić information content (AvgIpc) is 2.77. The van der Waals surface area contributed by atoms with Crippen LogP contribution in [0.2, 0.25) is 0 Å². The van der Waals surface area contributed by atoms with Crippen molar-refractivity contribution in [2.24, 2.45) is 5.73 Å². The van der Waals surface area contributed by atoms with Gasteiger partial charge in [-0.2, -0.15) is 5.10 Å². The molecule has 1 atom stereocenters. The highest BCUT2D eigenvalue weighted by molar-refractivity contribution is 5.34. The number of aryl methyl sites for hydroxylation is 2. The number of para-hydroxylation sites is 1. The zero-order chi connectivity index (χ0) is 14.5. The molecular formula is C16H23N3O. The number of ether oxygens (including phenoxy) is 1. The van der Waals surface area contributed by atoms with Gasteiger partial charge in [-0.25, -0.2) is 0 Å². The standard InChI is InChI=1S/C16H23N3O/c1-4-19-15(10-13(3)18-19)11-20-16-8-6-5-7-14(16)9-12(2)17/h5-8,10,12H,4,9,11,17H2,1-3H3. The van der Waals surface area contributed by atoms with Crippen molar-refractivity contribution < 1.29 is 4.74 Å². The molecule has 0 aliphatic heterocycles. The lowest BCUT2D eigenvalue weighted by Gasteiger charge is -2.13. The van der Waals surface area contributed by atoms with Gasteiger partial charge >= 0.3 is 0 Å². The molecule has 1 aromatic heterocycles. The molecule has 2 aromatic rings. The van der Waals surface area contributed by atoms with Crippen molar-refractivity contribution in [3.05, 3.63) is 47.3 Å². The third-order valence-electron chi connectivity index (χ3n) is 3.18. The van der Waals surface area contributed by atoms with Crippen LogP contribution < -0.4 is 10.5 Å². The first kappa shape index (κ1) is 14.6. The maximum absolute atomic E-state index is 5.96. The molecule has 0 aliphatic carbocycles.